The summed E-state index contributed by atoms with van der Waals surface area (Å²) in [5.41, 5.74) is 5.66. The van der Waals surface area contributed by atoms with Crippen molar-refractivity contribution < 1.29 is 9.13 Å². The van der Waals surface area contributed by atoms with E-state index in [1.807, 2.05) is 97.1 Å². The molecule has 6 aromatic rings. The molecule has 0 unspecified atom stereocenters. The first-order chi connectivity index (χ1) is 21.3. The van der Waals surface area contributed by atoms with Crippen LogP contribution in [0, 0.1) is 12.7 Å². The molecule has 0 radical (unpaired) electrons. The van der Waals surface area contributed by atoms with Crippen LogP contribution in [0.4, 0.5) is 4.39 Å². The van der Waals surface area contributed by atoms with Crippen LogP contribution in [0.2, 0.25) is 0 Å². The Morgan fingerprint density at radius 1 is 1.00 bits per heavy atom. The monoisotopic (exact) mass is 590 g/mol. The third-order valence-corrected chi connectivity index (χ3v) is 8.03. The van der Waals surface area contributed by atoms with E-state index in [-0.39, 0.29) is 17.9 Å². The molecule has 0 spiro atoms. The molecule has 0 saturated heterocycles. The molecule has 0 saturated carbocycles. The first kappa shape index (κ1) is 29.1. The maximum absolute atomic E-state index is 15.0. The Labute approximate surface area is 255 Å². The minimum atomic E-state index is -0.309. The second kappa shape index (κ2) is 12.3. The minimum Gasteiger partial charge on any atom is -0.497 e. The highest BCUT2D eigenvalue weighted by atomic mass is 19.1. The zero-order valence-electron chi connectivity index (χ0n) is 25.4. The number of pyridine rings is 1. The van der Waals surface area contributed by atoms with Crippen molar-refractivity contribution in [2.75, 3.05) is 20.7 Å². The van der Waals surface area contributed by atoms with Crippen molar-refractivity contribution in [3.63, 3.8) is 0 Å². The molecule has 44 heavy (non-hydrogen) atoms. The standard InChI is InChI=1S/C35H35FN6O2/c1-24-32(25-11-9-13-29(20-25)44-4)34(43)42-31(23-40(3)19-16-28-12-7-8-17-37-28)33(27-15-18-39(2)21-27)38-35(42)41(24)22-26-10-5-6-14-30(26)36/h5-15,17-18,20-21H,16,19,22-23H2,1-4H3. The smallest absolute Gasteiger partial charge is 0.267 e. The second-order valence-corrected chi connectivity index (χ2v) is 11.1. The van der Waals surface area contributed by atoms with Gasteiger partial charge in [0.1, 0.15) is 11.6 Å². The normalized spacial score (nSPS) is 11.5. The first-order valence-electron chi connectivity index (χ1n) is 14.6. The molecule has 4 heterocycles. The quantitative estimate of drug-likeness (QED) is 0.204. The van der Waals surface area contributed by atoms with Crippen molar-refractivity contribution in [3.05, 3.63) is 130 Å². The van der Waals surface area contributed by atoms with Gasteiger partial charge in [-0.2, -0.15) is 0 Å². The third-order valence-electron chi connectivity index (χ3n) is 8.03. The number of imidazole rings is 1. The predicted octanol–water partition coefficient (Wildman–Crippen LogP) is 5.74. The van der Waals surface area contributed by atoms with Crippen molar-refractivity contribution in [3.8, 4) is 28.1 Å². The van der Waals surface area contributed by atoms with E-state index in [2.05, 4.69) is 9.88 Å². The summed E-state index contributed by atoms with van der Waals surface area (Å²) in [4.78, 5) is 26.4. The number of hydrogen-bond donors (Lipinski definition) is 0. The van der Waals surface area contributed by atoms with Crippen LogP contribution in [0.5, 0.6) is 5.75 Å². The van der Waals surface area contributed by atoms with Crippen LogP contribution in [-0.4, -0.2) is 49.1 Å². The number of hydrogen-bond acceptors (Lipinski definition) is 5. The Morgan fingerprint density at radius 3 is 2.55 bits per heavy atom. The average Bonchev–Trinajstić information content (AvgIpc) is 3.63. The zero-order valence-corrected chi connectivity index (χ0v) is 25.4. The molecule has 0 aliphatic rings. The Morgan fingerprint density at radius 2 is 1.82 bits per heavy atom. The highest BCUT2D eigenvalue weighted by molar-refractivity contribution is 5.71. The van der Waals surface area contributed by atoms with Crippen molar-refractivity contribution in [1.29, 1.82) is 0 Å². The number of halogens is 1. The van der Waals surface area contributed by atoms with Gasteiger partial charge in [0.2, 0.25) is 5.78 Å². The molecular weight excluding hydrogens is 555 g/mol. The summed E-state index contributed by atoms with van der Waals surface area (Å²) in [6.45, 7) is 3.30. The van der Waals surface area contributed by atoms with Crippen LogP contribution < -0.4 is 10.3 Å². The Kier molecular flexibility index (Phi) is 8.13. The van der Waals surface area contributed by atoms with Crippen LogP contribution in [0.25, 0.3) is 28.2 Å². The van der Waals surface area contributed by atoms with Crippen molar-refractivity contribution in [2.24, 2.45) is 7.05 Å². The van der Waals surface area contributed by atoms with Gasteiger partial charge in [-0.05, 0) is 55.9 Å². The van der Waals surface area contributed by atoms with E-state index in [0.29, 0.717) is 34.9 Å². The highest BCUT2D eigenvalue weighted by Crippen LogP contribution is 2.30. The molecule has 0 atom stereocenters. The predicted molar refractivity (Wildman–Crippen MR) is 170 cm³/mol. The number of likely N-dealkylation sites (N-methyl/N-ethyl adjacent to an activating group) is 1. The zero-order chi connectivity index (χ0) is 30.8. The molecule has 0 fully saturated rings. The Hall–Kier alpha value is -5.02. The average molecular weight is 591 g/mol. The maximum Gasteiger partial charge on any atom is 0.267 e. The molecule has 6 rings (SSSR count). The Balaban J connectivity index is 1.58. The van der Waals surface area contributed by atoms with E-state index in [1.54, 1.807) is 29.8 Å². The molecule has 0 aliphatic carbocycles. The molecule has 8 nitrogen and oxygen atoms in total. The first-order valence-corrected chi connectivity index (χ1v) is 14.6. The number of rotatable bonds is 10. The van der Waals surface area contributed by atoms with Gasteiger partial charge in [0.15, 0.2) is 0 Å². The summed E-state index contributed by atoms with van der Waals surface area (Å²) in [6, 6.07) is 22.1. The van der Waals surface area contributed by atoms with Gasteiger partial charge in [-0.1, -0.05) is 36.4 Å². The third kappa shape index (κ3) is 5.66. The summed E-state index contributed by atoms with van der Waals surface area (Å²) in [5, 5.41) is 0. The van der Waals surface area contributed by atoms with Crippen LogP contribution in [0.3, 0.4) is 0 Å². The van der Waals surface area contributed by atoms with Crippen molar-refractivity contribution >= 4 is 5.78 Å². The second-order valence-electron chi connectivity index (χ2n) is 11.1. The summed E-state index contributed by atoms with van der Waals surface area (Å²) in [6.07, 6.45) is 6.53. The summed E-state index contributed by atoms with van der Waals surface area (Å²) in [5.74, 6) is 0.803. The van der Waals surface area contributed by atoms with Gasteiger partial charge in [-0.3, -0.25) is 9.78 Å². The van der Waals surface area contributed by atoms with E-state index < -0.39 is 0 Å². The summed E-state index contributed by atoms with van der Waals surface area (Å²) >= 11 is 0. The lowest BCUT2D eigenvalue weighted by molar-refractivity contribution is 0.325. The topological polar surface area (TPSA) is 69.6 Å². The van der Waals surface area contributed by atoms with Crippen LogP contribution in [0.15, 0.2) is 96.2 Å². The summed E-state index contributed by atoms with van der Waals surface area (Å²) in [7, 11) is 5.60. The number of nitrogens with zero attached hydrogens (tertiary/aromatic N) is 6. The Bertz CT molecular complexity index is 1990. The van der Waals surface area contributed by atoms with E-state index in [0.717, 1.165) is 41.2 Å². The van der Waals surface area contributed by atoms with Gasteiger partial charge >= 0.3 is 0 Å². The number of benzene rings is 2. The molecular formula is C35H35FN6O2. The lowest BCUT2D eigenvalue weighted by Gasteiger charge is -2.20. The number of ether oxygens (including phenoxy) is 1. The fourth-order valence-electron chi connectivity index (χ4n) is 5.69. The van der Waals surface area contributed by atoms with Gasteiger partial charge in [-0.15, -0.1) is 0 Å². The van der Waals surface area contributed by atoms with Crippen LogP contribution >= 0.6 is 0 Å². The molecule has 0 N–H and O–H groups in total. The number of aromatic nitrogens is 5. The number of fused-ring (bicyclic) bond motifs is 1. The summed E-state index contributed by atoms with van der Waals surface area (Å²) < 4.78 is 26.1. The lowest BCUT2D eigenvalue weighted by atomic mass is 10.0. The van der Waals surface area contributed by atoms with Gasteiger partial charge in [0, 0.05) is 67.7 Å². The molecule has 9 heteroatoms. The lowest BCUT2D eigenvalue weighted by Crippen LogP contribution is -2.28. The van der Waals surface area contributed by atoms with E-state index in [4.69, 9.17) is 9.72 Å². The largest absolute Gasteiger partial charge is 0.497 e. The fraction of sp³-hybridized carbons (Fsp3) is 0.229. The number of methoxy groups -OCH3 is 1. The van der Waals surface area contributed by atoms with Crippen LogP contribution in [0.1, 0.15) is 22.6 Å². The van der Waals surface area contributed by atoms with E-state index >= 15 is 4.39 Å². The molecule has 224 valence electrons. The maximum atomic E-state index is 15.0. The van der Waals surface area contributed by atoms with Crippen molar-refractivity contribution in [2.45, 2.75) is 26.4 Å². The molecule has 0 amide bonds. The van der Waals surface area contributed by atoms with Crippen LogP contribution in [-0.2, 0) is 26.6 Å². The van der Waals surface area contributed by atoms with Gasteiger partial charge in [0.05, 0.1) is 30.6 Å². The van der Waals surface area contributed by atoms with Gasteiger partial charge < -0.3 is 18.8 Å². The molecule has 0 aliphatic heterocycles. The fourth-order valence-corrected chi connectivity index (χ4v) is 5.69. The molecule has 4 aromatic heterocycles. The van der Waals surface area contributed by atoms with Gasteiger partial charge in [-0.25, -0.2) is 13.8 Å². The van der Waals surface area contributed by atoms with Gasteiger partial charge in [0.25, 0.3) is 5.56 Å². The van der Waals surface area contributed by atoms with E-state index in [9.17, 15) is 4.79 Å². The molecule has 0 bridgehead atoms. The number of aryl methyl sites for hydroxylation is 1. The SMILES string of the molecule is COc1cccc(-c2c(C)n(Cc3ccccc3F)c3nc(-c4ccn(C)c4)c(CN(C)CCc4ccccn4)n3c2=O)c1. The van der Waals surface area contributed by atoms with E-state index in [1.165, 1.54) is 6.07 Å². The minimum absolute atomic E-state index is 0.182. The van der Waals surface area contributed by atoms with Crippen molar-refractivity contribution in [1.82, 2.24) is 28.4 Å². The molecule has 2 aromatic carbocycles. The highest BCUT2D eigenvalue weighted by Gasteiger charge is 2.25.